The highest BCUT2D eigenvalue weighted by Gasteiger charge is 2.25. The van der Waals surface area contributed by atoms with E-state index >= 15 is 0 Å². The minimum absolute atomic E-state index is 0.0706. The number of methoxy groups -OCH3 is 2. The van der Waals surface area contributed by atoms with Crippen LogP contribution < -0.4 is 14.9 Å². The molecule has 1 heterocycles. The molecule has 4 aromatic rings. The third-order valence-electron chi connectivity index (χ3n) is 5.51. The number of benzene rings is 3. The number of rotatable bonds is 7. The Kier molecular flexibility index (Phi) is 6.45. The van der Waals surface area contributed by atoms with Crippen molar-refractivity contribution in [2.45, 2.75) is 20.0 Å². The Morgan fingerprint density at radius 1 is 0.909 bits per heavy atom. The fourth-order valence-corrected chi connectivity index (χ4v) is 3.82. The maximum atomic E-state index is 13.8. The van der Waals surface area contributed by atoms with Crippen molar-refractivity contribution in [2.24, 2.45) is 0 Å². The van der Waals surface area contributed by atoms with Crippen LogP contribution in [0.25, 0.3) is 11.0 Å². The molecule has 0 unspecified atom stereocenters. The standard InChI is InChI=1S/C27H25NO5/c1-18-12-13-22-21(14-18)26(29)20(17-33-22)16-28(15-19-8-5-4-6-9-19)27(30)25-23(31-2)10-7-11-24(25)32-3/h4-14,17H,15-16H2,1-3H3. The number of hydrogen-bond acceptors (Lipinski definition) is 5. The Morgan fingerprint density at radius 3 is 2.27 bits per heavy atom. The number of hydrogen-bond donors (Lipinski definition) is 0. The van der Waals surface area contributed by atoms with Gasteiger partial charge in [0, 0.05) is 6.54 Å². The summed E-state index contributed by atoms with van der Waals surface area (Å²) in [4.78, 5) is 28.6. The van der Waals surface area contributed by atoms with Gasteiger partial charge in [-0.25, -0.2) is 0 Å². The highest BCUT2D eigenvalue weighted by molar-refractivity contribution is 5.99. The smallest absolute Gasteiger partial charge is 0.262 e. The number of nitrogens with zero attached hydrogens (tertiary/aromatic N) is 1. The van der Waals surface area contributed by atoms with Crippen LogP contribution in [0.1, 0.15) is 27.0 Å². The summed E-state index contributed by atoms with van der Waals surface area (Å²) in [7, 11) is 3.01. The first-order chi connectivity index (χ1) is 16.0. The maximum Gasteiger partial charge on any atom is 0.262 e. The second-order valence-electron chi connectivity index (χ2n) is 7.77. The minimum atomic E-state index is -0.308. The van der Waals surface area contributed by atoms with Crippen molar-refractivity contribution >= 4 is 16.9 Å². The van der Waals surface area contributed by atoms with Gasteiger partial charge in [-0.05, 0) is 36.8 Å². The fraction of sp³-hybridized carbons (Fsp3) is 0.185. The summed E-state index contributed by atoms with van der Waals surface area (Å²) in [5.41, 5.74) is 2.95. The predicted octanol–water partition coefficient (Wildman–Crippen LogP) is 4.96. The van der Waals surface area contributed by atoms with Gasteiger partial charge in [0.1, 0.15) is 22.6 Å². The number of ether oxygens (including phenoxy) is 2. The van der Waals surface area contributed by atoms with E-state index in [4.69, 9.17) is 13.9 Å². The summed E-state index contributed by atoms with van der Waals surface area (Å²) in [6.07, 6.45) is 1.44. The molecule has 4 rings (SSSR count). The summed E-state index contributed by atoms with van der Waals surface area (Å²) in [5, 5.41) is 0.495. The van der Waals surface area contributed by atoms with Crippen molar-refractivity contribution in [2.75, 3.05) is 14.2 Å². The van der Waals surface area contributed by atoms with E-state index in [2.05, 4.69) is 0 Å². The van der Waals surface area contributed by atoms with Crippen molar-refractivity contribution in [3.05, 3.63) is 105 Å². The average Bonchev–Trinajstić information content (AvgIpc) is 2.85. The maximum absolute atomic E-state index is 13.8. The first kappa shape index (κ1) is 22.1. The van der Waals surface area contributed by atoms with Gasteiger partial charge in [-0.1, -0.05) is 48.0 Å². The molecule has 0 N–H and O–H groups in total. The number of carbonyl (C=O) groups excluding carboxylic acids is 1. The fourth-order valence-electron chi connectivity index (χ4n) is 3.82. The molecule has 0 radical (unpaired) electrons. The van der Waals surface area contributed by atoms with Gasteiger partial charge in [-0.2, -0.15) is 0 Å². The molecule has 0 bridgehead atoms. The summed E-state index contributed by atoms with van der Waals surface area (Å²) in [5.74, 6) is 0.494. The Hall–Kier alpha value is -4.06. The van der Waals surface area contributed by atoms with Crippen LogP contribution in [0.2, 0.25) is 0 Å². The molecular formula is C27H25NO5. The van der Waals surface area contributed by atoms with E-state index in [1.165, 1.54) is 20.5 Å². The van der Waals surface area contributed by atoms with Crippen LogP contribution in [-0.2, 0) is 13.1 Å². The molecule has 0 spiro atoms. The first-order valence-electron chi connectivity index (χ1n) is 10.6. The van der Waals surface area contributed by atoms with Crippen molar-refractivity contribution in [1.29, 1.82) is 0 Å². The number of carbonyl (C=O) groups is 1. The second kappa shape index (κ2) is 9.61. The molecule has 0 saturated heterocycles. The minimum Gasteiger partial charge on any atom is -0.496 e. The molecule has 0 aliphatic heterocycles. The molecule has 0 atom stereocenters. The highest BCUT2D eigenvalue weighted by atomic mass is 16.5. The van der Waals surface area contributed by atoms with Gasteiger partial charge in [-0.15, -0.1) is 0 Å². The Balaban J connectivity index is 1.79. The van der Waals surface area contributed by atoms with Crippen LogP contribution in [-0.4, -0.2) is 25.0 Å². The summed E-state index contributed by atoms with van der Waals surface area (Å²) < 4.78 is 16.6. The molecule has 0 saturated carbocycles. The van der Waals surface area contributed by atoms with E-state index < -0.39 is 0 Å². The van der Waals surface area contributed by atoms with Gasteiger partial charge in [0.05, 0.1) is 38.0 Å². The predicted molar refractivity (Wildman–Crippen MR) is 127 cm³/mol. The molecule has 0 aliphatic carbocycles. The number of fused-ring (bicyclic) bond motifs is 1. The Bertz CT molecular complexity index is 1320. The zero-order chi connectivity index (χ0) is 23.4. The van der Waals surface area contributed by atoms with E-state index in [1.54, 1.807) is 35.2 Å². The van der Waals surface area contributed by atoms with Gasteiger partial charge in [0.25, 0.3) is 5.91 Å². The van der Waals surface area contributed by atoms with Crippen molar-refractivity contribution in [3.63, 3.8) is 0 Å². The second-order valence-corrected chi connectivity index (χ2v) is 7.77. The molecule has 33 heavy (non-hydrogen) atoms. The molecule has 6 heteroatoms. The van der Waals surface area contributed by atoms with Gasteiger partial charge < -0.3 is 18.8 Å². The van der Waals surface area contributed by atoms with Crippen molar-refractivity contribution in [3.8, 4) is 11.5 Å². The molecule has 3 aromatic carbocycles. The van der Waals surface area contributed by atoms with Crippen LogP contribution in [0.15, 0.2) is 82.2 Å². The van der Waals surface area contributed by atoms with E-state index in [-0.39, 0.29) is 17.9 Å². The van der Waals surface area contributed by atoms with Crippen LogP contribution in [0.4, 0.5) is 0 Å². The van der Waals surface area contributed by atoms with E-state index in [0.29, 0.717) is 40.1 Å². The molecule has 6 nitrogen and oxygen atoms in total. The Labute approximate surface area is 192 Å². The molecule has 168 valence electrons. The third kappa shape index (κ3) is 4.60. The first-order valence-corrected chi connectivity index (χ1v) is 10.6. The quantitative estimate of drug-likeness (QED) is 0.404. The SMILES string of the molecule is COc1cccc(OC)c1C(=O)N(Cc1ccccc1)Cc1coc2ccc(C)cc2c1=O. The van der Waals surface area contributed by atoms with Gasteiger partial charge in [-0.3, -0.25) is 9.59 Å². The molecule has 0 fully saturated rings. The van der Waals surface area contributed by atoms with E-state index in [1.807, 2.05) is 43.3 Å². The largest absolute Gasteiger partial charge is 0.496 e. The van der Waals surface area contributed by atoms with Crippen molar-refractivity contribution < 1.29 is 18.7 Å². The third-order valence-corrected chi connectivity index (χ3v) is 5.51. The lowest BCUT2D eigenvalue weighted by Gasteiger charge is -2.24. The van der Waals surface area contributed by atoms with Crippen LogP contribution in [0, 0.1) is 6.92 Å². The summed E-state index contributed by atoms with van der Waals surface area (Å²) in [6, 6.07) is 20.3. The van der Waals surface area contributed by atoms with Crippen LogP contribution >= 0.6 is 0 Å². The topological polar surface area (TPSA) is 69.0 Å². The Morgan fingerprint density at radius 2 is 1.61 bits per heavy atom. The summed E-state index contributed by atoms with van der Waals surface area (Å²) >= 11 is 0. The van der Waals surface area contributed by atoms with Crippen LogP contribution in [0.3, 0.4) is 0 Å². The summed E-state index contributed by atoms with van der Waals surface area (Å²) in [6.45, 7) is 2.29. The van der Waals surface area contributed by atoms with Crippen molar-refractivity contribution in [1.82, 2.24) is 4.90 Å². The van der Waals surface area contributed by atoms with E-state index in [9.17, 15) is 9.59 Å². The monoisotopic (exact) mass is 443 g/mol. The highest BCUT2D eigenvalue weighted by Crippen LogP contribution is 2.30. The molecular weight excluding hydrogens is 418 g/mol. The van der Waals surface area contributed by atoms with E-state index in [0.717, 1.165) is 11.1 Å². The lowest BCUT2D eigenvalue weighted by Crippen LogP contribution is -2.32. The lowest BCUT2D eigenvalue weighted by atomic mass is 10.1. The normalized spacial score (nSPS) is 10.8. The van der Waals surface area contributed by atoms with Crippen LogP contribution in [0.5, 0.6) is 11.5 Å². The van der Waals surface area contributed by atoms with Gasteiger partial charge >= 0.3 is 0 Å². The number of amides is 1. The molecule has 1 amide bonds. The van der Waals surface area contributed by atoms with Gasteiger partial charge in [0.15, 0.2) is 5.43 Å². The molecule has 0 aliphatic rings. The zero-order valence-electron chi connectivity index (χ0n) is 18.8. The van der Waals surface area contributed by atoms with Gasteiger partial charge in [0.2, 0.25) is 0 Å². The molecule has 1 aromatic heterocycles. The zero-order valence-corrected chi connectivity index (χ0v) is 18.8. The number of aryl methyl sites for hydroxylation is 1. The average molecular weight is 443 g/mol. The lowest BCUT2D eigenvalue weighted by molar-refractivity contribution is 0.0722.